The monoisotopic (exact) mass is 509 g/mol. The van der Waals surface area contributed by atoms with Gasteiger partial charge >= 0.3 is 5.97 Å². The zero-order valence-corrected chi connectivity index (χ0v) is 20.6. The van der Waals surface area contributed by atoms with E-state index in [1.165, 1.54) is 0 Å². The zero-order chi connectivity index (χ0) is 23.4. The number of rotatable bonds is 6. The predicted octanol–water partition coefficient (Wildman–Crippen LogP) is 5.59. The maximum Gasteiger partial charge on any atom is 0.323 e. The number of ether oxygens (including phenoxy) is 2. The highest BCUT2D eigenvalue weighted by Gasteiger charge is 2.43. The molecule has 2 saturated heterocycles. The van der Waals surface area contributed by atoms with Crippen molar-refractivity contribution in [1.29, 1.82) is 0 Å². The average molecular weight is 511 g/mol. The molecule has 0 saturated carbocycles. The van der Waals surface area contributed by atoms with E-state index in [2.05, 4.69) is 4.90 Å². The number of carbonyl (C=O) groups excluding carboxylic acids is 1. The number of nitrogens with zero attached hydrogens (tertiary/aromatic N) is 3. The lowest BCUT2D eigenvalue weighted by atomic mass is 9.81. The Morgan fingerprint density at radius 1 is 1.12 bits per heavy atom. The first-order valence-corrected chi connectivity index (χ1v) is 12.0. The maximum atomic E-state index is 12.8. The Kier molecular flexibility index (Phi) is 7.69. The topological polar surface area (TPSA) is 54.4 Å². The van der Waals surface area contributed by atoms with Crippen LogP contribution in [0.4, 0.5) is 11.4 Å². The van der Waals surface area contributed by atoms with Gasteiger partial charge in [0.2, 0.25) is 3.79 Å². The highest BCUT2D eigenvalue weighted by molar-refractivity contribution is 6.67. The minimum absolute atomic E-state index is 0.114. The average Bonchev–Trinajstić information content (AvgIpc) is 2.80. The molecule has 0 radical (unpaired) electrons. The molecule has 0 aromatic heterocycles. The number of fused-ring (bicyclic) bond motifs is 2. The molecular weight excluding hydrogens is 485 g/mol. The lowest BCUT2D eigenvalue weighted by Crippen LogP contribution is -2.57. The van der Waals surface area contributed by atoms with Crippen molar-refractivity contribution >= 4 is 57.9 Å². The molecule has 2 fully saturated rings. The lowest BCUT2D eigenvalue weighted by Gasteiger charge is -2.44. The predicted molar refractivity (Wildman–Crippen MR) is 133 cm³/mol. The van der Waals surface area contributed by atoms with Crippen LogP contribution in [-0.2, 0) is 9.53 Å². The number of benzene rings is 2. The number of hydrogen-bond acceptors (Lipinski definition) is 6. The Morgan fingerprint density at radius 3 is 2.45 bits per heavy atom. The minimum atomic E-state index is -1.62. The summed E-state index contributed by atoms with van der Waals surface area (Å²) in [6.07, 6.45) is 2.67. The molecule has 2 heterocycles. The second-order valence-corrected chi connectivity index (χ2v) is 10.8. The van der Waals surface area contributed by atoms with Gasteiger partial charge in [0.25, 0.3) is 0 Å². The third-order valence-electron chi connectivity index (χ3n) is 5.92. The van der Waals surface area contributed by atoms with Crippen LogP contribution in [0.5, 0.6) is 5.75 Å². The van der Waals surface area contributed by atoms with E-state index in [1.807, 2.05) is 59.6 Å². The summed E-state index contributed by atoms with van der Waals surface area (Å²) in [4.78, 5) is 14.9. The van der Waals surface area contributed by atoms with Gasteiger partial charge < -0.3 is 9.47 Å². The SMILES string of the molecule is COc1ccc(N(N=C2CC3CCCN(C2)C3C(=O)OCC(Cl)(Cl)Cl)c2ccccc2)cc1. The van der Waals surface area contributed by atoms with Gasteiger partial charge in [0.05, 0.1) is 24.2 Å². The van der Waals surface area contributed by atoms with Crippen molar-refractivity contribution in [3.05, 3.63) is 54.6 Å². The van der Waals surface area contributed by atoms with Gasteiger partial charge in [-0.15, -0.1) is 0 Å². The molecule has 6 nitrogen and oxygen atoms in total. The molecule has 3 atom stereocenters. The lowest BCUT2D eigenvalue weighted by molar-refractivity contribution is -0.154. The van der Waals surface area contributed by atoms with Crippen molar-refractivity contribution in [3.8, 4) is 5.75 Å². The summed E-state index contributed by atoms with van der Waals surface area (Å²) in [6.45, 7) is 1.13. The van der Waals surface area contributed by atoms with Crippen molar-refractivity contribution in [3.63, 3.8) is 0 Å². The minimum Gasteiger partial charge on any atom is -0.497 e. The number of halogens is 3. The van der Waals surface area contributed by atoms with Gasteiger partial charge in [0.1, 0.15) is 18.4 Å². The number of para-hydroxylation sites is 1. The molecule has 33 heavy (non-hydrogen) atoms. The molecular formula is C24H26Cl3N3O3. The third-order valence-corrected chi connectivity index (χ3v) is 6.25. The molecule has 2 aromatic carbocycles. The van der Waals surface area contributed by atoms with E-state index in [1.54, 1.807) is 7.11 Å². The van der Waals surface area contributed by atoms with Gasteiger partial charge in [0, 0.05) is 6.54 Å². The molecule has 176 valence electrons. The Balaban J connectivity index is 1.57. The molecule has 4 rings (SSSR count). The van der Waals surface area contributed by atoms with Gasteiger partial charge in [-0.2, -0.15) is 5.10 Å². The number of hydrogen-bond donors (Lipinski definition) is 0. The largest absolute Gasteiger partial charge is 0.497 e. The number of hydrazone groups is 1. The number of alkyl halides is 3. The first kappa shape index (κ1) is 24.1. The highest BCUT2D eigenvalue weighted by atomic mass is 35.6. The molecule has 2 aliphatic heterocycles. The van der Waals surface area contributed by atoms with Gasteiger partial charge in [0.15, 0.2) is 0 Å². The number of anilines is 2. The fourth-order valence-corrected chi connectivity index (χ4v) is 4.66. The summed E-state index contributed by atoms with van der Waals surface area (Å²) in [5, 5.41) is 6.98. The van der Waals surface area contributed by atoms with E-state index in [9.17, 15) is 4.79 Å². The van der Waals surface area contributed by atoms with Gasteiger partial charge in [-0.1, -0.05) is 53.0 Å². The standard InChI is InChI=1S/C24H26Cl3N3O3/c1-32-21-11-9-20(10-12-21)30(19-7-3-2-4-8-19)28-18-14-17-6-5-13-29(15-18)22(17)23(31)33-16-24(25,26)27/h2-4,7-12,17,22H,5-6,13-16H2,1H3. The molecule has 9 heteroatoms. The summed E-state index contributed by atoms with van der Waals surface area (Å²) in [5.74, 6) is 0.566. The fraction of sp³-hybridized carbons (Fsp3) is 0.417. The van der Waals surface area contributed by atoms with E-state index < -0.39 is 3.79 Å². The Labute approximate surface area is 209 Å². The van der Waals surface area contributed by atoms with Crippen LogP contribution in [0.1, 0.15) is 19.3 Å². The summed E-state index contributed by atoms with van der Waals surface area (Å²) >= 11 is 17.3. The quantitative estimate of drug-likeness (QED) is 0.288. The zero-order valence-electron chi connectivity index (χ0n) is 18.3. The van der Waals surface area contributed by atoms with Crippen molar-refractivity contribution in [2.75, 3.05) is 31.8 Å². The third kappa shape index (κ3) is 6.12. The number of esters is 1. The van der Waals surface area contributed by atoms with E-state index in [0.29, 0.717) is 13.0 Å². The van der Waals surface area contributed by atoms with Crippen LogP contribution >= 0.6 is 34.8 Å². The normalized spacial score (nSPS) is 23.8. The van der Waals surface area contributed by atoms with Crippen molar-refractivity contribution in [2.45, 2.75) is 29.1 Å². The fourth-order valence-electron chi connectivity index (χ4n) is 4.50. The molecule has 3 unspecified atom stereocenters. The van der Waals surface area contributed by atoms with Crippen molar-refractivity contribution in [1.82, 2.24) is 4.90 Å². The van der Waals surface area contributed by atoms with E-state index in [0.717, 1.165) is 42.2 Å². The molecule has 2 aromatic rings. The van der Waals surface area contributed by atoms with E-state index >= 15 is 0 Å². The van der Waals surface area contributed by atoms with E-state index in [-0.39, 0.29) is 24.5 Å². The first-order chi connectivity index (χ1) is 15.8. The van der Waals surface area contributed by atoms with Crippen LogP contribution in [0.15, 0.2) is 59.7 Å². The molecule has 2 aliphatic rings. The summed E-state index contributed by atoms with van der Waals surface area (Å²) in [6, 6.07) is 17.5. The van der Waals surface area contributed by atoms with Crippen molar-refractivity contribution in [2.24, 2.45) is 11.0 Å². The Hall–Kier alpha value is -1.99. The summed E-state index contributed by atoms with van der Waals surface area (Å²) in [7, 11) is 1.65. The Bertz CT molecular complexity index is 964. The number of methoxy groups -OCH3 is 1. The van der Waals surface area contributed by atoms with Crippen LogP contribution in [0.3, 0.4) is 0 Å². The van der Waals surface area contributed by atoms with Gasteiger partial charge in [-0.05, 0) is 68.1 Å². The van der Waals surface area contributed by atoms with Crippen LogP contribution < -0.4 is 9.75 Å². The molecule has 0 spiro atoms. The van der Waals surface area contributed by atoms with Crippen molar-refractivity contribution < 1.29 is 14.3 Å². The second-order valence-electron chi connectivity index (χ2n) is 8.26. The van der Waals surface area contributed by atoms with Crippen LogP contribution in [0.2, 0.25) is 0 Å². The molecule has 0 amide bonds. The smallest absolute Gasteiger partial charge is 0.323 e. The summed E-state index contributed by atoms with van der Waals surface area (Å²) in [5.41, 5.74) is 2.91. The van der Waals surface area contributed by atoms with Gasteiger partial charge in [-0.25, -0.2) is 5.01 Å². The van der Waals surface area contributed by atoms with E-state index in [4.69, 9.17) is 49.4 Å². The van der Waals surface area contributed by atoms with Crippen LogP contribution in [-0.4, -0.2) is 53.2 Å². The Morgan fingerprint density at radius 2 is 1.82 bits per heavy atom. The molecule has 0 N–H and O–H groups in total. The van der Waals surface area contributed by atoms with Gasteiger partial charge in [-0.3, -0.25) is 9.69 Å². The van der Waals surface area contributed by atoms with Crippen LogP contribution in [0, 0.1) is 5.92 Å². The summed E-state index contributed by atoms with van der Waals surface area (Å²) < 4.78 is 9.01. The molecule has 0 aliphatic carbocycles. The van der Waals surface area contributed by atoms with Crippen LogP contribution in [0.25, 0.3) is 0 Å². The first-order valence-electron chi connectivity index (χ1n) is 10.9. The second kappa shape index (κ2) is 10.5. The number of piperidine rings is 2. The molecule has 2 bridgehead atoms. The highest BCUT2D eigenvalue weighted by Crippen LogP contribution is 2.35. The maximum absolute atomic E-state index is 12.8. The number of carbonyl (C=O) groups is 1.